The van der Waals surface area contributed by atoms with Crippen LogP contribution < -0.4 is 0 Å². The van der Waals surface area contributed by atoms with Crippen LogP contribution in [0.15, 0.2) is 0 Å². The molecule has 0 saturated carbocycles. The van der Waals surface area contributed by atoms with E-state index in [9.17, 15) is 13.6 Å². The van der Waals surface area contributed by atoms with Gasteiger partial charge in [-0.15, -0.1) is 0 Å². The summed E-state index contributed by atoms with van der Waals surface area (Å²) in [5, 5.41) is 0. The van der Waals surface area contributed by atoms with E-state index in [-0.39, 0.29) is 12.3 Å². The lowest BCUT2D eigenvalue weighted by Gasteiger charge is -2.21. The van der Waals surface area contributed by atoms with Crippen molar-refractivity contribution in [3.63, 3.8) is 0 Å². The van der Waals surface area contributed by atoms with Gasteiger partial charge in [0.2, 0.25) is 5.91 Å². The monoisotopic (exact) mass is 163 g/mol. The van der Waals surface area contributed by atoms with E-state index in [4.69, 9.17) is 0 Å². The molecular weight excluding hydrogens is 152 g/mol. The van der Waals surface area contributed by atoms with Gasteiger partial charge in [0.1, 0.15) is 0 Å². The van der Waals surface area contributed by atoms with Crippen LogP contribution in [0.5, 0.6) is 0 Å². The predicted molar refractivity (Wildman–Crippen MR) is 36.4 cm³/mol. The molecule has 0 aromatic carbocycles. The van der Waals surface area contributed by atoms with Crippen LogP contribution in [-0.4, -0.2) is 29.8 Å². The number of rotatable bonds is 2. The first-order valence-corrected chi connectivity index (χ1v) is 3.74. The summed E-state index contributed by atoms with van der Waals surface area (Å²) in [5.41, 5.74) is 0. The highest BCUT2D eigenvalue weighted by Crippen LogP contribution is 2.23. The zero-order valence-electron chi connectivity index (χ0n) is 6.39. The van der Waals surface area contributed by atoms with Crippen LogP contribution in [0.1, 0.15) is 19.8 Å². The molecule has 1 rings (SSSR count). The molecule has 0 spiro atoms. The number of halogens is 2. The van der Waals surface area contributed by atoms with Crippen LogP contribution in [0.25, 0.3) is 0 Å². The van der Waals surface area contributed by atoms with E-state index in [0.29, 0.717) is 13.0 Å². The van der Waals surface area contributed by atoms with E-state index in [2.05, 4.69) is 0 Å². The number of nitrogens with zero attached hydrogens (tertiary/aromatic N) is 1. The van der Waals surface area contributed by atoms with E-state index in [1.807, 2.05) is 0 Å². The van der Waals surface area contributed by atoms with Gasteiger partial charge in [0.15, 0.2) is 0 Å². The Bertz CT molecular complexity index is 161. The Hall–Kier alpha value is -0.670. The van der Waals surface area contributed by atoms with Gasteiger partial charge in [-0.25, -0.2) is 8.78 Å². The number of amides is 1. The van der Waals surface area contributed by atoms with E-state index in [0.717, 1.165) is 0 Å². The Morgan fingerprint density at radius 3 is 2.73 bits per heavy atom. The summed E-state index contributed by atoms with van der Waals surface area (Å²) in [6, 6.07) is -0.826. The number of carbonyl (C=O) groups excluding carboxylic acids is 1. The third-order valence-corrected chi connectivity index (χ3v) is 2.01. The molecule has 1 fully saturated rings. The lowest BCUT2D eigenvalue weighted by Crippen LogP contribution is -2.37. The minimum atomic E-state index is -2.39. The molecule has 0 aromatic rings. The summed E-state index contributed by atoms with van der Waals surface area (Å²) in [4.78, 5) is 12.2. The molecule has 1 heterocycles. The molecule has 1 aliphatic heterocycles. The van der Waals surface area contributed by atoms with Gasteiger partial charge in [-0.05, 0) is 13.3 Å². The van der Waals surface area contributed by atoms with Crippen molar-refractivity contribution in [2.75, 3.05) is 6.54 Å². The van der Waals surface area contributed by atoms with Crippen LogP contribution in [0.2, 0.25) is 0 Å². The molecule has 0 radical (unpaired) electrons. The van der Waals surface area contributed by atoms with Crippen molar-refractivity contribution in [2.45, 2.75) is 32.2 Å². The lowest BCUT2D eigenvalue weighted by molar-refractivity contribution is -0.130. The van der Waals surface area contributed by atoms with Crippen molar-refractivity contribution in [3.8, 4) is 0 Å². The second-order valence-corrected chi connectivity index (χ2v) is 2.62. The Morgan fingerprint density at radius 2 is 2.36 bits per heavy atom. The third-order valence-electron chi connectivity index (χ3n) is 2.01. The number of carbonyl (C=O) groups is 1. The average Bonchev–Trinajstić information content (AvgIpc) is 2.30. The fourth-order valence-corrected chi connectivity index (χ4v) is 1.43. The SMILES string of the molecule is CCN1C(=O)CCC1C(F)F. The Morgan fingerprint density at radius 1 is 1.73 bits per heavy atom. The smallest absolute Gasteiger partial charge is 0.258 e. The first kappa shape index (κ1) is 8.43. The van der Waals surface area contributed by atoms with Gasteiger partial charge in [0.25, 0.3) is 6.43 Å². The van der Waals surface area contributed by atoms with E-state index in [1.54, 1.807) is 6.92 Å². The maximum atomic E-state index is 12.2. The van der Waals surface area contributed by atoms with Gasteiger partial charge in [-0.1, -0.05) is 0 Å². The summed E-state index contributed by atoms with van der Waals surface area (Å²) < 4.78 is 24.3. The fourth-order valence-electron chi connectivity index (χ4n) is 1.43. The zero-order valence-corrected chi connectivity index (χ0v) is 6.39. The van der Waals surface area contributed by atoms with Gasteiger partial charge < -0.3 is 4.90 Å². The number of hydrogen-bond acceptors (Lipinski definition) is 1. The molecule has 4 heteroatoms. The number of alkyl halides is 2. The number of hydrogen-bond donors (Lipinski definition) is 0. The van der Waals surface area contributed by atoms with Gasteiger partial charge in [0.05, 0.1) is 6.04 Å². The summed E-state index contributed by atoms with van der Waals surface area (Å²) in [5.74, 6) is -0.141. The van der Waals surface area contributed by atoms with Gasteiger partial charge in [-0.3, -0.25) is 4.79 Å². The quantitative estimate of drug-likeness (QED) is 0.600. The molecule has 11 heavy (non-hydrogen) atoms. The van der Waals surface area contributed by atoms with Crippen LogP contribution in [0.4, 0.5) is 8.78 Å². The largest absolute Gasteiger partial charge is 0.334 e. The maximum absolute atomic E-state index is 12.2. The summed E-state index contributed by atoms with van der Waals surface area (Å²) >= 11 is 0. The fraction of sp³-hybridized carbons (Fsp3) is 0.857. The molecule has 2 nitrogen and oxygen atoms in total. The van der Waals surface area contributed by atoms with Crippen molar-refractivity contribution >= 4 is 5.91 Å². The molecule has 0 aliphatic carbocycles. The molecule has 64 valence electrons. The summed E-state index contributed by atoms with van der Waals surface area (Å²) in [6.45, 7) is 2.12. The number of likely N-dealkylation sites (tertiary alicyclic amines) is 1. The topological polar surface area (TPSA) is 20.3 Å². The van der Waals surface area contributed by atoms with Crippen molar-refractivity contribution in [1.82, 2.24) is 4.90 Å². The highest BCUT2D eigenvalue weighted by molar-refractivity contribution is 5.78. The second-order valence-electron chi connectivity index (χ2n) is 2.62. The van der Waals surface area contributed by atoms with Crippen LogP contribution in [-0.2, 0) is 4.79 Å². The standard InChI is InChI=1S/C7H11F2NO/c1-2-10-5(7(8)9)3-4-6(10)11/h5,7H,2-4H2,1H3. The van der Waals surface area contributed by atoms with Crippen LogP contribution in [0.3, 0.4) is 0 Å². The highest BCUT2D eigenvalue weighted by atomic mass is 19.3. The van der Waals surface area contributed by atoms with Gasteiger partial charge in [0, 0.05) is 13.0 Å². The van der Waals surface area contributed by atoms with Crippen molar-refractivity contribution in [3.05, 3.63) is 0 Å². The minimum absolute atomic E-state index is 0.141. The first-order valence-electron chi connectivity index (χ1n) is 3.74. The van der Waals surface area contributed by atoms with E-state index in [1.165, 1.54) is 4.90 Å². The Kier molecular flexibility index (Phi) is 2.42. The van der Waals surface area contributed by atoms with Crippen molar-refractivity contribution < 1.29 is 13.6 Å². The second kappa shape index (κ2) is 3.15. The Labute approximate surface area is 64.2 Å². The van der Waals surface area contributed by atoms with Gasteiger partial charge >= 0.3 is 0 Å². The zero-order chi connectivity index (χ0) is 8.43. The summed E-state index contributed by atoms with van der Waals surface area (Å²) in [7, 11) is 0. The lowest BCUT2D eigenvalue weighted by atomic mass is 10.2. The van der Waals surface area contributed by atoms with Gasteiger partial charge in [-0.2, -0.15) is 0 Å². The maximum Gasteiger partial charge on any atom is 0.258 e. The third kappa shape index (κ3) is 1.49. The normalized spacial score (nSPS) is 25.3. The minimum Gasteiger partial charge on any atom is -0.334 e. The molecule has 0 aromatic heterocycles. The molecule has 1 saturated heterocycles. The molecule has 1 unspecified atom stereocenters. The molecule has 1 amide bonds. The predicted octanol–water partition coefficient (Wildman–Crippen LogP) is 1.26. The van der Waals surface area contributed by atoms with Crippen molar-refractivity contribution in [2.24, 2.45) is 0 Å². The molecule has 0 N–H and O–H groups in total. The summed E-state index contributed by atoms with van der Waals surface area (Å²) in [6.07, 6.45) is -1.80. The van der Waals surface area contributed by atoms with E-state index < -0.39 is 12.5 Å². The highest BCUT2D eigenvalue weighted by Gasteiger charge is 2.35. The van der Waals surface area contributed by atoms with E-state index >= 15 is 0 Å². The van der Waals surface area contributed by atoms with Crippen LogP contribution >= 0.6 is 0 Å². The average molecular weight is 163 g/mol. The van der Waals surface area contributed by atoms with Crippen molar-refractivity contribution in [1.29, 1.82) is 0 Å². The first-order chi connectivity index (χ1) is 5.16. The molecule has 1 aliphatic rings. The Balaban J connectivity index is 2.61. The molecular formula is C7H11F2NO. The van der Waals surface area contributed by atoms with Crippen LogP contribution in [0, 0.1) is 0 Å². The molecule has 0 bridgehead atoms. The molecule has 1 atom stereocenters.